The van der Waals surface area contributed by atoms with Crippen molar-refractivity contribution in [3.05, 3.63) is 99.9 Å². The number of halogens is 6. The molecule has 16 heteroatoms. The minimum atomic E-state index is -4.58. The average molecular weight is 639 g/mol. The van der Waals surface area contributed by atoms with E-state index in [4.69, 9.17) is 0 Å². The van der Waals surface area contributed by atoms with Gasteiger partial charge in [-0.15, -0.1) is 0 Å². The van der Waals surface area contributed by atoms with E-state index >= 15 is 0 Å². The summed E-state index contributed by atoms with van der Waals surface area (Å²) >= 11 is 0. The second-order valence-corrected chi connectivity index (χ2v) is 12.4. The standard InChI is InChI=1S/C20H17F3N4O3S.C8H7F3N2/c1-12-7-25-27(9-12)17-4-3-15(31(2,29)30)6-16(17)19(28)26-10-13-5-18(20(21,22)23)24-8-14(13)11-26;9-8(10,11)7-1-5-2-12-3-6(5)4-13-7/h3-9H,10-11H2,1-2H3;1,4,12H,2-3H2. The van der Waals surface area contributed by atoms with Crippen LogP contribution >= 0.6 is 0 Å². The highest BCUT2D eigenvalue weighted by Crippen LogP contribution is 2.33. The number of amides is 1. The first-order chi connectivity index (χ1) is 20.5. The van der Waals surface area contributed by atoms with Gasteiger partial charge in [0.05, 0.1) is 22.3 Å². The molecule has 2 aliphatic rings. The third kappa shape index (κ3) is 6.60. The first-order valence-corrected chi connectivity index (χ1v) is 14.9. The molecular weight excluding hydrogens is 614 g/mol. The predicted octanol–water partition coefficient (Wildman–Crippen LogP) is 4.86. The van der Waals surface area contributed by atoms with Crippen LogP contribution in [-0.4, -0.2) is 45.2 Å². The summed E-state index contributed by atoms with van der Waals surface area (Å²) in [6.07, 6.45) is -2.20. The summed E-state index contributed by atoms with van der Waals surface area (Å²) in [6, 6.07) is 6.19. The van der Waals surface area contributed by atoms with Gasteiger partial charge in [-0.25, -0.2) is 13.1 Å². The number of sulfone groups is 1. The zero-order chi connectivity index (χ0) is 32.0. The van der Waals surface area contributed by atoms with Crippen LogP contribution in [-0.2, 0) is 48.4 Å². The van der Waals surface area contributed by atoms with Gasteiger partial charge in [-0.05, 0) is 65.1 Å². The van der Waals surface area contributed by atoms with Gasteiger partial charge < -0.3 is 10.2 Å². The number of hydrogen-bond acceptors (Lipinski definition) is 7. The molecule has 0 saturated heterocycles. The van der Waals surface area contributed by atoms with Crippen molar-refractivity contribution in [2.24, 2.45) is 0 Å². The number of nitrogens with zero attached hydrogens (tertiary/aromatic N) is 5. The highest BCUT2D eigenvalue weighted by atomic mass is 32.2. The molecule has 232 valence electrons. The maximum absolute atomic E-state index is 13.3. The first-order valence-electron chi connectivity index (χ1n) is 13.0. The summed E-state index contributed by atoms with van der Waals surface area (Å²) in [4.78, 5) is 21.4. The van der Waals surface area contributed by atoms with Gasteiger partial charge in [0.15, 0.2) is 9.84 Å². The molecule has 0 aliphatic carbocycles. The molecule has 4 aromatic rings. The number of aryl methyl sites for hydroxylation is 1. The van der Waals surface area contributed by atoms with Crippen LogP contribution in [0.2, 0.25) is 0 Å². The molecule has 6 rings (SSSR count). The van der Waals surface area contributed by atoms with Crippen LogP contribution in [0, 0.1) is 6.92 Å². The van der Waals surface area contributed by atoms with Crippen LogP contribution in [0.3, 0.4) is 0 Å². The van der Waals surface area contributed by atoms with E-state index in [0.29, 0.717) is 35.5 Å². The van der Waals surface area contributed by atoms with Crippen molar-refractivity contribution in [1.29, 1.82) is 0 Å². The number of alkyl halides is 6. The van der Waals surface area contributed by atoms with E-state index in [1.54, 1.807) is 12.4 Å². The molecule has 1 N–H and O–H groups in total. The molecule has 2 aliphatic heterocycles. The quantitative estimate of drug-likeness (QED) is 0.320. The molecule has 0 atom stereocenters. The third-order valence-electron chi connectivity index (χ3n) is 6.97. The van der Waals surface area contributed by atoms with Crippen LogP contribution in [0.1, 0.15) is 49.6 Å². The molecule has 1 aromatic carbocycles. The number of carbonyl (C=O) groups is 1. The fraction of sp³-hybridized carbons (Fsp3) is 0.286. The molecule has 0 saturated carbocycles. The van der Waals surface area contributed by atoms with E-state index in [1.165, 1.54) is 34.0 Å². The highest BCUT2D eigenvalue weighted by molar-refractivity contribution is 7.90. The van der Waals surface area contributed by atoms with Crippen molar-refractivity contribution in [2.45, 2.75) is 50.4 Å². The number of nitrogens with one attached hydrogen (secondary N) is 1. The molecule has 0 unspecified atom stereocenters. The van der Waals surface area contributed by atoms with Gasteiger partial charge in [0, 0.05) is 51.0 Å². The monoisotopic (exact) mass is 638 g/mol. The van der Waals surface area contributed by atoms with E-state index in [9.17, 15) is 39.6 Å². The van der Waals surface area contributed by atoms with Crippen molar-refractivity contribution in [3.63, 3.8) is 0 Å². The van der Waals surface area contributed by atoms with E-state index in [0.717, 1.165) is 35.7 Å². The van der Waals surface area contributed by atoms with Crippen molar-refractivity contribution >= 4 is 15.7 Å². The van der Waals surface area contributed by atoms with E-state index in [1.807, 2.05) is 6.92 Å². The van der Waals surface area contributed by atoms with Crippen LogP contribution in [0.25, 0.3) is 5.69 Å². The highest BCUT2D eigenvalue weighted by Gasteiger charge is 2.36. The molecule has 9 nitrogen and oxygen atoms in total. The number of pyridine rings is 2. The average Bonchev–Trinajstić information content (AvgIpc) is 3.69. The topological polar surface area (TPSA) is 110 Å². The van der Waals surface area contributed by atoms with Gasteiger partial charge in [-0.3, -0.25) is 14.8 Å². The summed E-state index contributed by atoms with van der Waals surface area (Å²) in [5.41, 5.74) is 1.88. The van der Waals surface area contributed by atoms with Crippen molar-refractivity contribution < 1.29 is 39.6 Å². The Labute approximate surface area is 247 Å². The molecular formula is C28H24F6N6O3S. The Morgan fingerprint density at radius 1 is 0.841 bits per heavy atom. The second kappa shape index (κ2) is 11.3. The normalized spacial score (nSPS) is 14.6. The van der Waals surface area contributed by atoms with Gasteiger partial charge in [-0.2, -0.15) is 31.4 Å². The molecule has 0 spiro atoms. The molecule has 0 radical (unpaired) electrons. The second-order valence-electron chi connectivity index (χ2n) is 10.4. The summed E-state index contributed by atoms with van der Waals surface area (Å²) in [5, 5.41) is 7.15. The van der Waals surface area contributed by atoms with Crippen LogP contribution in [0.4, 0.5) is 26.3 Å². The lowest BCUT2D eigenvalue weighted by Crippen LogP contribution is -2.27. The summed E-state index contributed by atoms with van der Waals surface area (Å²) in [7, 11) is -3.59. The Hall–Kier alpha value is -4.31. The van der Waals surface area contributed by atoms with Gasteiger partial charge in [0.1, 0.15) is 11.4 Å². The maximum atomic E-state index is 13.3. The van der Waals surface area contributed by atoms with Gasteiger partial charge >= 0.3 is 12.4 Å². The van der Waals surface area contributed by atoms with Gasteiger partial charge in [-0.1, -0.05) is 0 Å². The van der Waals surface area contributed by atoms with Gasteiger partial charge in [0.25, 0.3) is 5.91 Å². The molecule has 0 bridgehead atoms. The number of aromatic nitrogens is 4. The van der Waals surface area contributed by atoms with E-state index < -0.39 is 39.5 Å². The Bertz CT molecular complexity index is 1850. The van der Waals surface area contributed by atoms with Gasteiger partial charge in [0.2, 0.25) is 0 Å². The Kier molecular flexibility index (Phi) is 8.01. The minimum Gasteiger partial charge on any atom is -0.330 e. The third-order valence-corrected chi connectivity index (χ3v) is 8.08. The van der Waals surface area contributed by atoms with E-state index in [2.05, 4.69) is 20.4 Å². The number of hydrogen-bond donors (Lipinski definition) is 1. The maximum Gasteiger partial charge on any atom is 0.433 e. The molecule has 0 fully saturated rings. The largest absolute Gasteiger partial charge is 0.433 e. The fourth-order valence-corrected chi connectivity index (χ4v) is 5.40. The van der Waals surface area contributed by atoms with Crippen LogP contribution in [0.15, 0.2) is 60.0 Å². The number of benzene rings is 1. The lowest BCUT2D eigenvalue weighted by molar-refractivity contribution is -0.142. The number of fused-ring (bicyclic) bond motifs is 2. The van der Waals surface area contributed by atoms with Crippen molar-refractivity contribution in [2.75, 3.05) is 6.26 Å². The lowest BCUT2D eigenvalue weighted by Gasteiger charge is -2.18. The van der Waals surface area contributed by atoms with Crippen molar-refractivity contribution in [3.8, 4) is 5.69 Å². The first kappa shape index (κ1) is 31.1. The summed E-state index contributed by atoms with van der Waals surface area (Å²) in [6.45, 7) is 2.96. The SMILES string of the molecule is Cc1cnn(-c2ccc(S(C)(=O)=O)cc2C(=O)N2Cc3cnc(C(F)(F)F)cc3C2)c1.FC(F)(F)c1cc2c(cn1)CNC2. The minimum absolute atomic E-state index is 0.0405. The summed E-state index contributed by atoms with van der Waals surface area (Å²) < 4.78 is 101. The zero-order valence-corrected chi connectivity index (χ0v) is 24.0. The molecule has 5 heterocycles. The lowest BCUT2D eigenvalue weighted by atomic mass is 10.1. The smallest absolute Gasteiger partial charge is 0.330 e. The number of rotatable bonds is 3. The molecule has 3 aromatic heterocycles. The predicted molar refractivity (Wildman–Crippen MR) is 144 cm³/mol. The molecule has 44 heavy (non-hydrogen) atoms. The Balaban J connectivity index is 0.000000245. The zero-order valence-electron chi connectivity index (χ0n) is 23.2. The van der Waals surface area contributed by atoms with Crippen molar-refractivity contribution in [1.82, 2.24) is 30.0 Å². The molecule has 1 amide bonds. The fourth-order valence-electron chi connectivity index (χ4n) is 4.75. The Morgan fingerprint density at radius 2 is 1.43 bits per heavy atom. The number of carbonyl (C=O) groups excluding carboxylic acids is 1. The van der Waals surface area contributed by atoms with E-state index in [-0.39, 0.29) is 23.5 Å². The van der Waals surface area contributed by atoms with Crippen LogP contribution < -0.4 is 5.32 Å². The summed E-state index contributed by atoms with van der Waals surface area (Å²) in [5.74, 6) is -0.515. The van der Waals surface area contributed by atoms with Crippen LogP contribution in [0.5, 0.6) is 0 Å². The Morgan fingerprint density at radius 3 is 2.02 bits per heavy atom.